The smallest absolute Gasteiger partial charge is 0.220 e. The van der Waals surface area contributed by atoms with E-state index >= 15 is 0 Å². The zero-order valence-electron chi connectivity index (χ0n) is 15.9. The minimum absolute atomic E-state index is 0.109. The summed E-state index contributed by atoms with van der Waals surface area (Å²) in [6.07, 6.45) is 2.60. The van der Waals surface area contributed by atoms with Crippen molar-refractivity contribution < 1.29 is 9.53 Å². The molecule has 1 heterocycles. The largest absolute Gasteiger partial charge is 0.378 e. The van der Waals surface area contributed by atoms with Crippen molar-refractivity contribution in [3.8, 4) is 0 Å². The Morgan fingerprint density at radius 3 is 2.50 bits per heavy atom. The Kier molecular flexibility index (Phi) is 6.45. The van der Waals surface area contributed by atoms with Gasteiger partial charge in [0.15, 0.2) is 0 Å². The summed E-state index contributed by atoms with van der Waals surface area (Å²) in [5.74, 6) is 1.10. The van der Waals surface area contributed by atoms with Crippen LogP contribution in [-0.4, -0.2) is 25.2 Å². The van der Waals surface area contributed by atoms with E-state index in [0.717, 1.165) is 26.0 Å². The zero-order valence-corrected chi connectivity index (χ0v) is 15.9. The highest BCUT2D eigenvalue weighted by Gasteiger charge is 2.41. The number of carbonyl (C=O) groups excluding carboxylic acids is 1. The first kappa shape index (κ1) is 19.0. The van der Waals surface area contributed by atoms with Crippen molar-refractivity contribution in [2.24, 2.45) is 11.8 Å². The quantitative estimate of drug-likeness (QED) is 0.847. The van der Waals surface area contributed by atoms with Gasteiger partial charge in [-0.2, -0.15) is 0 Å². The Morgan fingerprint density at radius 2 is 1.92 bits per heavy atom. The van der Waals surface area contributed by atoms with Gasteiger partial charge in [0.05, 0.1) is 6.10 Å². The number of benzene rings is 1. The van der Waals surface area contributed by atoms with Crippen LogP contribution in [0.5, 0.6) is 0 Å². The summed E-state index contributed by atoms with van der Waals surface area (Å²) < 4.78 is 5.99. The van der Waals surface area contributed by atoms with Crippen molar-refractivity contribution in [1.29, 1.82) is 0 Å². The van der Waals surface area contributed by atoms with Gasteiger partial charge < -0.3 is 10.1 Å². The molecule has 0 radical (unpaired) electrons. The molecule has 1 aromatic carbocycles. The average molecular weight is 332 g/mol. The van der Waals surface area contributed by atoms with Gasteiger partial charge in [-0.05, 0) is 37.2 Å². The third-order valence-corrected chi connectivity index (χ3v) is 5.12. The topological polar surface area (TPSA) is 38.3 Å². The number of nitrogens with one attached hydrogen (secondary N) is 1. The van der Waals surface area contributed by atoms with Crippen LogP contribution in [0, 0.1) is 18.8 Å². The lowest BCUT2D eigenvalue weighted by molar-refractivity contribution is -0.124. The van der Waals surface area contributed by atoms with Gasteiger partial charge in [-0.3, -0.25) is 4.79 Å². The summed E-state index contributed by atoms with van der Waals surface area (Å²) in [6.45, 7) is 12.2. The molecule has 2 rings (SSSR count). The van der Waals surface area contributed by atoms with Crippen molar-refractivity contribution >= 4 is 5.91 Å². The molecule has 134 valence electrons. The molecule has 1 saturated heterocycles. The Balaban J connectivity index is 2.24. The zero-order chi connectivity index (χ0) is 17.7. The van der Waals surface area contributed by atoms with Crippen LogP contribution >= 0.6 is 0 Å². The minimum Gasteiger partial charge on any atom is -0.378 e. The summed E-state index contributed by atoms with van der Waals surface area (Å²) in [5, 5.41) is 3.10. The minimum atomic E-state index is -0.109. The average Bonchev–Trinajstić information content (AvgIpc) is 2.53. The Morgan fingerprint density at radius 1 is 1.25 bits per heavy atom. The molecule has 0 spiro atoms. The fourth-order valence-electron chi connectivity index (χ4n) is 3.50. The predicted octanol–water partition coefficient (Wildman–Crippen LogP) is 4.23. The molecule has 0 aliphatic carbocycles. The maximum Gasteiger partial charge on any atom is 0.220 e. The summed E-state index contributed by atoms with van der Waals surface area (Å²) in [5.41, 5.74) is 2.43. The monoisotopic (exact) mass is 331 g/mol. The number of ether oxygens (including phenoxy) is 1. The summed E-state index contributed by atoms with van der Waals surface area (Å²) in [6, 6.07) is 8.72. The van der Waals surface area contributed by atoms with Crippen molar-refractivity contribution in [1.82, 2.24) is 5.32 Å². The molecule has 0 aromatic heterocycles. The molecule has 24 heavy (non-hydrogen) atoms. The number of rotatable bonds is 6. The second-order valence-corrected chi connectivity index (χ2v) is 8.13. The molecule has 1 fully saturated rings. The third-order valence-electron chi connectivity index (χ3n) is 5.12. The number of hydrogen-bond acceptors (Lipinski definition) is 2. The molecule has 0 bridgehead atoms. The van der Waals surface area contributed by atoms with Crippen molar-refractivity contribution in [2.75, 3.05) is 13.2 Å². The van der Waals surface area contributed by atoms with Crippen LogP contribution in [0.25, 0.3) is 0 Å². The Labute approximate surface area is 147 Å². The number of amides is 1. The predicted molar refractivity (Wildman–Crippen MR) is 99.1 cm³/mol. The summed E-state index contributed by atoms with van der Waals surface area (Å²) in [4.78, 5) is 12.6. The fraction of sp³-hybridized carbons (Fsp3) is 0.667. The van der Waals surface area contributed by atoms with E-state index in [1.54, 1.807) is 0 Å². The molecule has 0 saturated carbocycles. The first-order valence-corrected chi connectivity index (χ1v) is 9.28. The van der Waals surface area contributed by atoms with Crippen molar-refractivity contribution in [3.63, 3.8) is 0 Å². The molecule has 3 nitrogen and oxygen atoms in total. The lowest BCUT2D eigenvalue weighted by atomic mass is 9.68. The summed E-state index contributed by atoms with van der Waals surface area (Å²) in [7, 11) is 0. The lowest BCUT2D eigenvalue weighted by Crippen LogP contribution is -2.44. The van der Waals surface area contributed by atoms with Crippen LogP contribution in [0.15, 0.2) is 24.3 Å². The van der Waals surface area contributed by atoms with Gasteiger partial charge in [-0.25, -0.2) is 0 Å². The van der Waals surface area contributed by atoms with E-state index < -0.39 is 0 Å². The molecule has 1 N–H and O–H groups in total. The van der Waals surface area contributed by atoms with Crippen molar-refractivity contribution in [3.05, 3.63) is 35.4 Å². The molecule has 2 atom stereocenters. The standard InChI is InChI=1S/C21H33NO2/c1-15(2)14-22-20(23)13-21(18-8-6-17(5)7-9-18)10-11-24-19(12-21)16(3)4/h6-9,15-16,19H,10-14H2,1-5H3,(H,22,23). The number of aryl methyl sites for hydroxylation is 1. The Hall–Kier alpha value is -1.35. The normalized spacial score (nSPS) is 24.4. The van der Waals surface area contributed by atoms with E-state index in [-0.39, 0.29) is 17.4 Å². The van der Waals surface area contributed by atoms with Crippen LogP contribution in [0.4, 0.5) is 0 Å². The SMILES string of the molecule is Cc1ccc(C2(CC(=O)NCC(C)C)CCOC(C(C)C)C2)cc1. The maximum atomic E-state index is 12.6. The van der Waals surface area contributed by atoms with Crippen LogP contribution in [0.1, 0.15) is 58.1 Å². The molecule has 1 aromatic rings. The van der Waals surface area contributed by atoms with Crippen molar-refractivity contribution in [2.45, 2.75) is 65.4 Å². The molecule has 1 amide bonds. The highest BCUT2D eigenvalue weighted by atomic mass is 16.5. The maximum absolute atomic E-state index is 12.6. The first-order valence-electron chi connectivity index (χ1n) is 9.28. The van der Waals surface area contributed by atoms with Gasteiger partial charge in [0.25, 0.3) is 0 Å². The highest BCUT2D eigenvalue weighted by Crippen LogP contribution is 2.42. The van der Waals surface area contributed by atoms with E-state index in [2.05, 4.69) is 64.2 Å². The van der Waals surface area contributed by atoms with E-state index in [0.29, 0.717) is 18.3 Å². The lowest BCUT2D eigenvalue weighted by Gasteiger charge is -2.42. The fourth-order valence-corrected chi connectivity index (χ4v) is 3.50. The Bertz CT molecular complexity index is 535. The van der Waals surface area contributed by atoms with Crippen LogP contribution in [-0.2, 0) is 14.9 Å². The van der Waals surface area contributed by atoms with Crippen LogP contribution < -0.4 is 5.32 Å². The van der Waals surface area contributed by atoms with Crippen LogP contribution in [0.3, 0.4) is 0 Å². The molecule has 2 unspecified atom stereocenters. The van der Waals surface area contributed by atoms with Gasteiger partial charge in [-0.1, -0.05) is 57.5 Å². The van der Waals surface area contributed by atoms with E-state index in [1.165, 1.54) is 11.1 Å². The molecular formula is C21H33NO2. The summed E-state index contributed by atoms with van der Waals surface area (Å²) >= 11 is 0. The highest BCUT2D eigenvalue weighted by molar-refractivity contribution is 5.77. The second kappa shape index (κ2) is 8.15. The third kappa shape index (κ3) is 4.83. The molecule has 1 aliphatic heterocycles. The number of carbonyl (C=O) groups is 1. The van der Waals surface area contributed by atoms with Gasteiger partial charge in [-0.15, -0.1) is 0 Å². The van der Waals surface area contributed by atoms with Gasteiger partial charge in [0, 0.05) is 25.0 Å². The van der Waals surface area contributed by atoms with E-state index in [1.807, 2.05) is 0 Å². The molecule has 3 heteroatoms. The second-order valence-electron chi connectivity index (χ2n) is 8.13. The van der Waals surface area contributed by atoms with Gasteiger partial charge in [0.2, 0.25) is 5.91 Å². The van der Waals surface area contributed by atoms with Gasteiger partial charge >= 0.3 is 0 Å². The number of hydrogen-bond donors (Lipinski definition) is 1. The first-order chi connectivity index (χ1) is 11.3. The van der Waals surface area contributed by atoms with Gasteiger partial charge in [0.1, 0.15) is 0 Å². The van der Waals surface area contributed by atoms with E-state index in [9.17, 15) is 4.79 Å². The molecule has 1 aliphatic rings. The van der Waals surface area contributed by atoms with Crippen LogP contribution in [0.2, 0.25) is 0 Å². The molecular weight excluding hydrogens is 298 g/mol. The van der Waals surface area contributed by atoms with E-state index in [4.69, 9.17) is 4.74 Å².